The fourth-order valence-corrected chi connectivity index (χ4v) is 1.67. The van der Waals surface area contributed by atoms with Crippen molar-refractivity contribution in [3.8, 4) is 0 Å². The van der Waals surface area contributed by atoms with Crippen molar-refractivity contribution in [3.05, 3.63) is 47.8 Å². The van der Waals surface area contributed by atoms with Gasteiger partial charge in [0.15, 0.2) is 0 Å². The van der Waals surface area contributed by atoms with Crippen LogP contribution in [0.1, 0.15) is 19.4 Å². The average Bonchev–Trinajstić information content (AvgIpc) is 2.63. The predicted octanol–water partition coefficient (Wildman–Crippen LogP) is 1.47. The van der Waals surface area contributed by atoms with Gasteiger partial charge in [-0.05, 0) is 19.4 Å². The molecule has 8 heteroatoms. The van der Waals surface area contributed by atoms with Crippen molar-refractivity contribution >= 4 is 18.0 Å². The molecular weight excluding hydrogens is 328 g/mol. The number of hydrogen-bond acceptors (Lipinski definition) is 7. The van der Waals surface area contributed by atoms with Crippen molar-refractivity contribution < 1.29 is 28.6 Å². The summed E-state index contributed by atoms with van der Waals surface area (Å²) in [5.41, 5.74) is 0.604. The smallest absolute Gasteiger partial charge is 0.412 e. The molecule has 2 N–H and O–H groups in total. The fraction of sp³-hybridized carbons (Fsp3) is 0.353. The lowest BCUT2D eigenvalue weighted by Crippen LogP contribution is -2.35. The first-order valence-electron chi connectivity index (χ1n) is 7.66. The minimum Gasteiger partial charge on any atom is -0.464 e. The first-order chi connectivity index (χ1) is 12.0. The first-order valence-corrected chi connectivity index (χ1v) is 7.66. The van der Waals surface area contributed by atoms with Gasteiger partial charge in [-0.25, -0.2) is 14.4 Å². The molecule has 136 valence electrons. The first kappa shape index (κ1) is 20.0. The summed E-state index contributed by atoms with van der Waals surface area (Å²) in [6, 6.07) is 8.37. The highest BCUT2D eigenvalue weighted by atomic mass is 16.6. The third-order valence-corrected chi connectivity index (χ3v) is 2.97. The Labute approximate surface area is 146 Å². The van der Waals surface area contributed by atoms with Crippen molar-refractivity contribution in [1.29, 1.82) is 0 Å². The molecule has 1 aromatic carbocycles. The second-order valence-electron chi connectivity index (χ2n) is 4.88. The van der Waals surface area contributed by atoms with Crippen LogP contribution in [0.4, 0.5) is 4.79 Å². The maximum Gasteiger partial charge on any atom is 0.412 e. The zero-order chi connectivity index (χ0) is 18.7. The number of hydrogen-bond donors (Lipinski definition) is 2. The van der Waals surface area contributed by atoms with Crippen molar-refractivity contribution in [2.75, 3.05) is 13.7 Å². The van der Waals surface area contributed by atoms with E-state index in [2.05, 4.69) is 15.4 Å². The highest BCUT2D eigenvalue weighted by Crippen LogP contribution is 2.02. The molecule has 0 bridgehead atoms. The van der Waals surface area contributed by atoms with Gasteiger partial charge in [-0.2, -0.15) is 0 Å². The number of rotatable bonds is 8. The summed E-state index contributed by atoms with van der Waals surface area (Å²) in [5, 5.41) is 4.93. The number of alkyl carbamates (subject to hydrolysis) is 1. The van der Waals surface area contributed by atoms with Gasteiger partial charge in [0.05, 0.1) is 13.7 Å². The SMILES string of the molecule is CCOC(=O)[C@H](C)N/C=C(/NC(=O)OCc1ccccc1)C(=O)OC. The average molecular weight is 350 g/mol. The molecule has 1 atom stereocenters. The van der Waals surface area contributed by atoms with Crippen LogP contribution in [-0.4, -0.2) is 37.8 Å². The van der Waals surface area contributed by atoms with Crippen LogP contribution in [0.25, 0.3) is 0 Å². The summed E-state index contributed by atoms with van der Waals surface area (Å²) >= 11 is 0. The van der Waals surface area contributed by atoms with Crippen LogP contribution in [-0.2, 0) is 30.4 Å². The summed E-state index contributed by atoms with van der Waals surface area (Å²) in [7, 11) is 1.17. The molecule has 0 heterocycles. The number of amides is 1. The molecule has 0 aliphatic rings. The monoisotopic (exact) mass is 350 g/mol. The molecule has 0 fully saturated rings. The lowest BCUT2D eigenvalue weighted by molar-refractivity contribution is -0.145. The van der Waals surface area contributed by atoms with E-state index in [0.29, 0.717) is 0 Å². The Bertz CT molecular complexity index is 615. The Kier molecular flexibility index (Phi) is 8.56. The van der Waals surface area contributed by atoms with Crippen LogP contribution >= 0.6 is 0 Å². The summed E-state index contributed by atoms with van der Waals surface area (Å²) < 4.78 is 14.4. The van der Waals surface area contributed by atoms with Gasteiger partial charge in [0.25, 0.3) is 0 Å². The van der Waals surface area contributed by atoms with E-state index in [1.165, 1.54) is 7.11 Å². The molecule has 0 saturated heterocycles. The molecule has 1 amide bonds. The summed E-state index contributed by atoms with van der Waals surface area (Å²) in [4.78, 5) is 35.1. The van der Waals surface area contributed by atoms with Crippen LogP contribution < -0.4 is 10.6 Å². The van der Waals surface area contributed by atoms with Crippen LogP contribution in [0, 0.1) is 0 Å². The summed E-state index contributed by atoms with van der Waals surface area (Å²) in [6.45, 7) is 3.53. The quantitative estimate of drug-likeness (QED) is 0.416. The van der Waals surface area contributed by atoms with Gasteiger partial charge in [-0.1, -0.05) is 30.3 Å². The molecule has 25 heavy (non-hydrogen) atoms. The maximum atomic E-state index is 11.8. The van der Waals surface area contributed by atoms with Gasteiger partial charge in [-0.15, -0.1) is 0 Å². The standard InChI is InChI=1S/C17H22N2O6/c1-4-24-15(20)12(2)18-10-14(16(21)23-3)19-17(22)25-11-13-8-6-5-7-9-13/h5-10,12,18H,4,11H2,1-3H3,(H,19,22)/b14-10+/t12-/m0/s1. The van der Waals surface area contributed by atoms with E-state index < -0.39 is 24.1 Å². The lowest BCUT2D eigenvalue weighted by atomic mass is 10.2. The van der Waals surface area contributed by atoms with E-state index >= 15 is 0 Å². The van der Waals surface area contributed by atoms with E-state index in [1.807, 2.05) is 18.2 Å². The molecule has 0 aliphatic carbocycles. The number of esters is 2. The molecular formula is C17H22N2O6. The minimum absolute atomic E-state index is 0.0494. The largest absolute Gasteiger partial charge is 0.464 e. The van der Waals surface area contributed by atoms with Crippen LogP contribution in [0.15, 0.2) is 42.2 Å². The van der Waals surface area contributed by atoms with Crippen molar-refractivity contribution in [2.24, 2.45) is 0 Å². The number of nitrogens with one attached hydrogen (secondary N) is 2. The number of methoxy groups -OCH3 is 1. The molecule has 0 radical (unpaired) electrons. The van der Waals surface area contributed by atoms with E-state index in [1.54, 1.807) is 26.0 Å². The normalized spacial score (nSPS) is 11.9. The third kappa shape index (κ3) is 7.38. The topological polar surface area (TPSA) is 103 Å². The van der Waals surface area contributed by atoms with Crippen molar-refractivity contribution in [3.63, 3.8) is 0 Å². The third-order valence-electron chi connectivity index (χ3n) is 2.97. The summed E-state index contributed by atoms with van der Waals surface area (Å²) in [5.74, 6) is -1.28. The molecule has 8 nitrogen and oxygen atoms in total. The van der Waals surface area contributed by atoms with E-state index in [-0.39, 0.29) is 18.9 Å². The van der Waals surface area contributed by atoms with Crippen molar-refractivity contribution in [1.82, 2.24) is 10.6 Å². The Morgan fingerprint density at radius 2 is 1.84 bits per heavy atom. The highest BCUT2D eigenvalue weighted by Gasteiger charge is 2.17. The second-order valence-corrected chi connectivity index (χ2v) is 4.88. The van der Waals surface area contributed by atoms with Gasteiger partial charge in [0.1, 0.15) is 18.3 Å². The van der Waals surface area contributed by atoms with E-state index in [9.17, 15) is 14.4 Å². The predicted molar refractivity (Wildman–Crippen MR) is 89.1 cm³/mol. The zero-order valence-electron chi connectivity index (χ0n) is 14.4. The van der Waals surface area contributed by atoms with Crippen molar-refractivity contribution in [2.45, 2.75) is 26.5 Å². The molecule has 0 unspecified atom stereocenters. The molecule has 0 aromatic heterocycles. The fourth-order valence-electron chi connectivity index (χ4n) is 1.67. The molecule has 0 aliphatic heterocycles. The molecule has 0 spiro atoms. The van der Waals surface area contributed by atoms with Crippen LogP contribution in [0.5, 0.6) is 0 Å². The lowest BCUT2D eigenvalue weighted by Gasteiger charge is -2.13. The molecule has 0 saturated carbocycles. The molecule has 1 rings (SSSR count). The zero-order valence-corrected chi connectivity index (χ0v) is 14.4. The number of carbonyl (C=O) groups is 3. The highest BCUT2D eigenvalue weighted by molar-refractivity contribution is 5.92. The Balaban J connectivity index is 2.62. The van der Waals surface area contributed by atoms with Gasteiger partial charge >= 0.3 is 18.0 Å². The second kappa shape index (κ2) is 10.7. The maximum absolute atomic E-state index is 11.8. The van der Waals surface area contributed by atoms with Crippen LogP contribution in [0.3, 0.4) is 0 Å². The van der Waals surface area contributed by atoms with E-state index in [4.69, 9.17) is 9.47 Å². The Morgan fingerprint density at radius 1 is 1.16 bits per heavy atom. The molecule has 1 aromatic rings. The van der Waals surface area contributed by atoms with Gasteiger partial charge in [0.2, 0.25) is 0 Å². The number of benzene rings is 1. The van der Waals surface area contributed by atoms with Gasteiger partial charge in [-0.3, -0.25) is 5.32 Å². The summed E-state index contributed by atoms with van der Waals surface area (Å²) in [6.07, 6.45) is 0.336. The minimum atomic E-state index is -0.828. The van der Waals surface area contributed by atoms with Gasteiger partial charge in [0, 0.05) is 6.20 Å². The van der Waals surface area contributed by atoms with E-state index in [0.717, 1.165) is 11.8 Å². The number of carbonyl (C=O) groups excluding carboxylic acids is 3. The Hall–Kier alpha value is -3.03. The Morgan fingerprint density at radius 3 is 2.44 bits per heavy atom. The van der Waals surface area contributed by atoms with Crippen LogP contribution in [0.2, 0.25) is 0 Å². The number of ether oxygens (including phenoxy) is 3. The van der Waals surface area contributed by atoms with Gasteiger partial charge < -0.3 is 19.5 Å².